The molecule has 0 saturated carbocycles. The van der Waals surface area contributed by atoms with Gasteiger partial charge in [-0.05, 0) is 6.92 Å². The van der Waals surface area contributed by atoms with Crippen LogP contribution in [0.15, 0.2) is 5.10 Å². The van der Waals surface area contributed by atoms with Crippen molar-refractivity contribution in [1.82, 2.24) is 5.43 Å². The summed E-state index contributed by atoms with van der Waals surface area (Å²) in [6.45, 7) is 7.95. The van der Waals surface area contributed by atoms with Crippen LogP contribution in [0.3, 0.4) is 0 Å². The van der Waals surface area contributed by atoms with E-state index in [9.17, 15) is 4.79 Å². The molecule has 0 aliphatic heterocycles. The van der Waals surface area contributed by atoms with Gasteiger partial charge in [0.1, 0.15) is 5.88 Å². The highest BCUT2D eigenvalue weighted by molar-refractivity contribution is 6.27. The number of hydrogen-bond donors (Lipinski definition) is 1. The lowest BCUT2D eigenvalue weighted by Crippen LogP contribution is -2.25. The number of carbonyl (C=O) groups excluding carboxylic acids is 1. The van der Waals surface area contributed by atoms with Crippen LogP contribution in [0.25, 0.3) is 0 Å². The maximum atomic E-state index is 10.7. The fourth-order valence-electron chi connectivity index (χ4n) is 0.344. The minimum absolute atomic E-state index is 0.0143. The van der Waals surface area contributed by atoms with Crippen LogP contribution in [0.4, 0.5) is 0 Å². The van der Waals surface area contributed by atoms with Crippen molar-refractivity contribution in [3.63, 3.8) is 0 Å². The van der Waals surface area contributed by atoms with Gasteiger partial charge in [-0.25, -0.2) is 5.43 Å². The van der Waals surface area contributed by atoms with Gasteiger partial charge in [-0.1, -0.05) is 20.8 Å². The van der Waals surface area contributed by atoms with E-state index in [0.717, 1.165) is 5.71 Å². The molecule has 3 nitrogen and oxygen atoms in total. The van der Waals surface area contributed by atoms with Crippen molar-refractivity contribution >= 4 is 23.2 Å². The molecule has 0 atom stereocenters. The lowest BCUT2D eigenvalue weighted by molar-refractivity contribution is -0.118. The second-order valence-corrected chi connectivity index (χ2v) is 3.88. The van der Waals surface area contributed by atoms with Crippen molar-refractivity contribution in [3.05, 3.63) is 0 Å². The summed E-state index contributed by atoms with van der Waals surface area (Å²) in [6.07, 6.45) is 0. The number of amides is 1. The van der Waals surface area contributed by atoms with Gasteiger partial charge < -0.3 is 0 Å². The van der Waals surface area contributed by atoms with Crippen LogP contribution in [-0.2, 0) is 4.79 Å². The third-order valence-corrected chi connectivity index (χ3v) is 1.80. The zero-order valence-electron chi connectivity index (χ0n) is 7.94. The molecule has 0 spiro atoms. The van der Waals surface area contributed by atoms with Gasteiger partial charge in [-0.2, -0.15) is 5.10 Å². The number of carbonyl (C=O) groups is 1. The zero-order chi connectivity index (χ0) is 9.78. The average molecular weight is 191 g/mol. The molecule has 0 rings (SSSR count). The van der Waals surface area contributed by atoms with Crippen LogP contribution in [0.2, 0.25) is 0 Å². The molecule has 0 fully saturated rings. The van der Waals surface area contributed by atoms with Crippen LogP contribution in [0, 0.1) is 5.41 Å². The van der Waals surface area contributed by atoms with Crippen LogP contribution in [0.1, 0.15) is 27.7 Å². The highest BCUT2D eigenvalue weighted by Gasteiger charge is 2.14. The monoisotopic (exact) mass is 190 g/mol. The highest BCUT2D eigenvalue weighted by Crippen LogP contribution is 2.14. The Balaban J connectivity index is 4.11. The van der Waals surface area contributed by atoms with Crippen LogP contribution in [0.5, 0.6) is 0 Å². The molecule has 0 saturated heterocycles. The number of nitrogens with one attached hydrogen (secondary N) is 1. The minimum Gasteiger partial charge on any atom is -0.272 e. The zero-order valence-corrected chi connectivity index (χ0v) is 8.70. The molecule has 0 bridgehead atoms. The summed E-state index contributed by atoms with van der Waals surface area (Å²) in [5.41, 5.74) is 3.22. The SMILES string of the molecule is C/C(=N\NC(=O)CCl)C(C)(C)C. The van der Waals surface area contributed by atoms with Gasteiger partial charge in [0.25, 0.3) is 5.91 Å². The molecule has 0 aromatic heterocycles. The summed E-state index contributed by atoms with van der Waals surface area (Å²) in [6, 6.07) is 0. The first-order chi connectivity index (χ1) is 5.38. The Morgan fingerprint density at radius 3 is 2.33 bits per heavy atom. The summed E-state index contributed by atoms with van der Waals surface area (Å²) in [5.74, 6) is -0.332. The third-order valence-electron chi connectivity index (χ3n) is 1.56. The molecule has 0 radical (unpaired) electrons. The highest BCUT2D eigenvalue weighted by atomic mass is 35.5. The Morgan fingerprint density at radius 1 is 1.50 bits per heavy atom. The molecule has 0 unspecified atom stereocenters. The molecule has 0 aliphatic carbocycles. The van der Waals surface area contributed by atoms with Crippen LogP contribution < -0.4 is 5.43 Å². The van der Waals surface area contributed by atoms with E-state index in [2.05, 4.69) is 10.5 Å². The summed E-state index contributed by atoms with van der Waals surface area (Å²) in [4.78, 5) is 10.7. The Bertz CT molecular complexity index is 194. The summed E-state index contributed by atoms with van der Waals surface area (Å²) >= 11 is 5.27. The van der Waals surface area contributed by atoms with Crippen molar-refractivity contribution in [1.29, 1.82) is 0 Å². The number of rotatable bonds is 2. The first kappa shape index (κ1) is 11.4. The smallest absolute Gasteiger partial charge is 0.254 e. The topological polar surface area (TPSA) is 41.5 Å². The largest absolute Gasteiger partial charge is 0.272 e. The Hall–Kier alpha value is -0.570. The van der Waals surface area contributed by atoms with Crippen LogP contribution in [-0.4, -0.2) is 17.5 Å². The van der Waals surface area contributed by atoms with Crippen molar-refractivity contribution in [2.45, 2.75) is 27.7 Å². The fraction of sp³-hybridized carbons (Fsp3) is 0.750. The van der Waals surface area contributed by atoms with Gasteiger partial charge in [0, 0.05) is 11.1 Å². The molecular weight excluding hydrogens is 176 g/mol. The molecule has 0 heterocycles. The van der Waals surface area contributed by atoms with Crippen molar-refractivity contribution in [2.75, 3.05) is 5.88 Å². The fourth-order valence-corrected chi connectivity index (χ4v) is 0.404. The molecule has 4 heteroatoms. The van der Waals surface area contributed by atoms with Crippen LogP contribution >= 0.6 is 11.6 Å². The van der Waals surface area contributed by atoms with E-state index in [4.69, 9.17) is 11.6 Å². The lowest BCUT2D eigenvalue weighted by Gasteiger charge is -2.17. The number of nitrogens with zero attached hydrogens (tertiary/aromatic N) is 1. The lowest BCUT2D eigenvalue weighted by atomic mass is 9.91. The van der Waals surface area contributed by atoms with Gasteiger partial charge in [-0.15, -0.1) is 11.6 Å². The number of halogens is 1. The molecular formula is C8H15ClN2O. The first-order valence-electron chi connectivity index (χ1n) is 3.77. The number of alkyl halides is 1. The Morgan fingerprint density at radius 2 is 2.00 bits per heavy atom. The molecule has 0 aromatic carbocycles. The van der Waals surface area contributed by atoms with Crippen molar-refractivity contribution < 1.29 is 4.79 Å². The molecule has 0 aliphatic rings. The summed E-state index contributed by atoms with van der Waals surface area (Å²) in [7, 11) is 0. The molecule has 70 valence electrons. The maximum Gasteiger partial charge on any atom is 0.254 e. The molecule has 1 amide bonds. The number of hydrazone groups is 1. The first-order valence-corrected chi connectivity index (χ1v) is 4.31. The van der Waals surface area contributed by atoms with E-state index < -0.39 is 0 Å². The second-order valence-electron chi connectivity index (χ2n) is 3.62. The van der Waals surface area contributed by atoms with Gasteiger partial charge in [0.15, 0.2) is 0 Å². The summed E-state index contributed by atoms with van der Waals surface area (Å²) < 4.78 is 0. The molecule has 0 aromatic rings. The molecule has 1 N–H and O–H groups in total. The van der Waals surface area contributed by atoms with Gasteiger partial charge >= 0.3 is 0 Å². The van der Waals surface area contributed by atoms with Crippen molar-refractivity contribution in [3.8, 4) is 0 Å². The predicted molar refractivity (Wildman–Crippen MR) is 51.4 cm³/mol. The van der Waals surface area contributed by atoms with Gasteiger partial charge in [0.2, 0.25) is 0 Å². The second kappa shape index (κ2) is 4.45. The van der Waals surface area contributed by atoms with E-state index in [1.54, 1.807) is 0 Å². The third kappa shape index (κ3) is 4.34. The van der Waals surface area contributed by atoms with E-state index in [0.29, 0.717) is 0 Å². The Labute approximate surface area is 78.2 Å². The van der Waals surface area contributed by atoms with Gasteiger partial charge in [0.05, 0.1) is 0 Å². The van der Waals surface area contributed by atoms with Crippen molar-refractivity contribution in [2.24, 2.45) is 10.5 Å². The summed E-state index contributed by atoms with van der Waals surface area (Å²) in [5, 5.41) is 3.90. The Kier molecular flexibility index (Phi) is 4.24. The average Bonchev–Trinajstić information content (AvgIpc) is 1.97. The van der Waals surface area contributed by atoms with Gasteiger partial charge in [-0.3, -0.25) is 4.79 Å². The normalized spacial score (nSPS) is 12.9. The maximum absolute atomic E-state index is 10.7. The number of hydrogen-bond acceptors (Lipinski definition) is 2. The van der Waals surface area contributed by atoms with E-state index >= 15 is 0 Å². The van der Waals surface area contributed by atoms with E-state index in [-0.39, 0.29) is 17.2 Å². The van der Waals surface area contributed by atoms with E-state index in [1.807, 2.05) is 27.7 Å². The van der Waals surface area contributed by atoms with E-state index in [1.165, 1.54) is 0 Å². The molecule has 12 heavy (non-hydrogen) atoms. The quantitative estimate of drug-likeness (QED) is 0.403. The minimum atomic E-state index is -0.278. The predicted octanol–water partition coefficient (Wildman–Crippen LogP) is 1.76. The standard InChI is InChI=1S/C8H15ClN2O/c1-6(8(2,3)4)10-11-7(12)5-9/h5H2,1-4H3,(H,11,12)/b10-6+.